The van der Waals surface area contributed by atoms with Gasteiger partial charge in [-0.1, -0.05) is 37.5 Å². The molecule has 108 valence electrons. The predicted molar refractivity (Wildman–Crippen MR) is 84.0 cm³/mol. The highest BCUT2D eigenvalue weighted by Crippen LogP contribution is 2.34. The van der Waals surface area contributed by atoms with Gasteiger partial charge in [0.15, 0.2) is 5.13 Å². The third-order valence-corrected chi connectivity index (χ3v) is 5.13. The van der Waals surface area contributed by atoms with Crippen LogP contribution in [0.15, 0.2) is 0 Å². The van der Waals surface area contributed by atoms with Gasteiger partial charge in [-0.25, -0.2) is 4.98 Å². The molecule has 0 unspecified atom stereocenters. The van der Waals surface area contributed by atoms with Crippen molar-refractivity contribution in [3.63, 3.8) is 0 Å². The average Bonchev–Trinajstić information content (AvgIpc) is 2.59. The fourth-order valence-corrected chi connectivity index (χ4v) is 3.82. The fraction of sp³-hybridized carbons (Fsp3) is 0.800. The molecule has 0 aliphatic carbocycles. The van der Waals surface area contributed by atoms with Crippen molar-refractivity contribution in [3.8, 4) is 0 Å². The summed E-state index contributed by atoms with van der Waals surface area (Å²) >= 11 is 1.81. The van der Waals surface area contributed by atoms with Gasteiger partial charge in [-0.3, -0.25) is 0 Å². The summed E-state index contributed by atoms with van der Waals surface area (Å²) in [5.41, 5.74) is 7.26. The molecule has 1 aromatic heterocycles. The molecule has 0 amide bonds. The van der Waals surface area contributed by atoms with Crippen LogP contribution in [-0.4, -0.2) is 18.1 Å². The van der Waals surface area contributed by atoms with Crippen molar-refractivity contribution < 1.29 is 0 Å². The van der Waals surface area contributed by atoms with Gasteiger partial charge in [0.2, 0.25) is 0 Å². The van der Waals surface area contributed by atoms with Gasteiger partial charge >= 0.3 is 0 Å². The first-order chi connectivity index (χ1) is 9.02. The lowest BCUT2D eigenvalue weighted by Crippen LogP contribution is -2.28. The van der Waals surface area contributed by atoms with E-state index in [0.717, 1.165) is 25.9 Å². The maximum absolute atomic E-state index is 6.31. The number of nitrogens with two attached hydrogens (primary N) is 1. The van der Waals surface area contributed by atoms with Crippen molar-refractivity contribution in [2.75, 3.05) is 18.0 Å². The molecule has 0 bridgehead atoms. The summed E-state index contributed by atoms with van der Waals surface area (Å²) in [6, 6.07) is 0. The molecule has 2 N–H and O–H groups in total. The topological polar surface area (TPSA) is 42.2 Å². The number of anilines is 1. The number of hydrogen-bond donors (Lipinski definition) is 1. The second-order valence-corrected chi connectivity index (χ2v) is 7.12. The Labute approximate surface area is 121 Å². The van der Waals surface area contributed by atoms with Gasteiger partial charge in [0.05, 0.1) is 5.69 Å². The van der Waals surface area contributed by atoms with Gasteiger partial charge < -0.3 is 10.6 Å². The van der Waals surface area contributed by atoms with Gasteiger partial charge in [-0.15, -0.1) is 0 Å². The summed E-state index contributed by atoms with van der Waals surface area (Å²) in [6.07, 6.45) is 7.48. The van der Waals surface area contributed by atoms with E-state index in [4.69, 9.17) is 10.7 Å². The van der Waals surface area contributed by atoms with Gasteiger partial charge in [-0.05, 0) is 33.1 Å². The maximum Gasteiger partial charge on any atom is 0.185 e. The molecule has 1 aromatic rings. The first-order valence-electron chi connectivity index (χ1n) is 7.56. The lowest BCUT2D eigenvalue weighted by molar-refractivity contribution is 0.557. The van der Waals surface area contributed by atoms with E-state index in [1.165, 1.54) is 41.4 Å². The van der Waals surface area contributed by atoms with Crippen molar-refractivity contribution in [3.05, 3.63) is 10.6 Å². The minimum Gasteiger partial charge on any atom is -0.348 e. The van der Waals surface area contributed by atoms with E-state index in [1.807, 2.05) is 11.3 Å². The smallest absolute Gasteiger partial charge is 0.185 e. The van der Waals surface area contributed by atoms with Gasteiger partial charge in [0, 0.05) is 23.5 Å². The van der Waals surface area contributed by atoms with Crippen molar-refractivity contribution in [1.82, 2.24) is 4.98 Å². The third kappa shape index (κ3) is 3.69. The molecule has 3 nitrogen and oxygen atoms in total. The van der Waals surface area contributed by atoms with Crippen LogP contribution in [0.4, 0.5) is 5.13 Å². The summed E-state index contributed by atoms with van der Waals surface area (Å²) in [7, 11) is 0. The van der Waals surface area contributed by atoms with Crippen molar-refractivity contribution in [2.24, 2.45) is 5.73 Å². The zero-order valence-electron chi connectivity index (χ0n) is 12.5. The molecule has 4 heteroatoms. The van der Waals surface area contributed by atoms with Crippen molar-refractivity contribution in [2.45, 2.75) is 64.8 Å². The quantitative estimate of drug-likeness (QED) is 0.915. The van der Waals surface area contributed by atoms with E-state index in [1.54, 1.807) is 0 Å². The number of hydrogen-bond acceptors (Lipinski definition) is 4. The Balaban J connectivity index is 2.25. The number of thiazole rings is 1. The lowest BCUT2D eigenvalue weighted by atomic mass is 10.0. The Morgan fingerprint density at radius 2 is 1.84 bits per heavy atom. The molecule has 19 heavy (non-hydrogen) atoms. The minimum absolute atomic E-state index is 0.272. The van der Waals surface area contributed by atoms with Gasteiger partial charge in [-0.2, -0.15) is 0 Å². The van der Waals surface area contributed by atoms with E-state index in [9.17, 15) is 0 Å². The number of nitrogens with zero attached hydrogens (tertiary/aromatic N) is 2. The molecule has 1 aliphatic heterocycles. The molecule has 0 aromatic carbocycles. The number of aromatic nitrogens is 1. The van der Waals surface area contributed by atoms with Crippen molar-refractivity contribution in [1.29, 1.82) is 0 Å². The monoisotopic (exact) mass is 281 g/mol. The maximum atomic E-state index is 6.31. The second-order valence-electron chi connectivity index (χ2n) is 6.15. The molecular formula is C15H27N3S. The molecule has 0 saturated carbocycles. The molecule has 1 fully saturated rings. The number of rotatable bonds is 4. The van der Waals surface area contributed by atoms with E-state index in [0.29, 0.717) is 0 Å². The van der Waals surface area contributed by atoms with Crippen LogP contribution < -0.4 is 10.6 Å². The Morgan fingerprint density at radius 3 is 2.37 bits per heavy atom. The van der Waals surface area contributed by atoms with Gasteiger partial charge in [0.1, 0.15) is 0 Å². The van der Waals surface area contributed by atoms with Crippen LogP contribution in [0.1, 0.15) is 63.4 Å². The summed E-state index contributed by atoms with van der Waals surface area (Å²) in [5, 5.41) is 1.19. The summed E-state index contributed by atoms with van der Waals surface area (Å²) < 4.78 is 0. The summed E-state index contributed by atoms with van der Waals surface area (Å²) in [6.45, 7) is 8.70. The Hall–Kier alpha value is -0.610. The third-order valence-electron chi connectivity index (χ3n) is 3.63. The zero-order chi connectivity index (χ0) is 13.9. The summed E-state index contributed by atoms with van der Waals surface area (Å²) in [4.78, 5) is 8.63. The number of aryl methyl sites for hydroxylation is 1. The van der Waals surface area contributed by atoms with Crippen LogP contribution in [-0.2, 0) is 12.0 Å². The second kappa shape index (κ2) is 6.23. The normalized spacial score (nSPS) is 17.6. The molecule has 2 rings (SSSR count). The molecule has 0 atom stereocenters. The largest absolute Gasteiger partial charge is 0.348 e. The Bertz CT molecular complexity index is 398. The minimum atomic E-state index is -0.272. The Morgan fingerprint density at radius 1 is 1.21 bits per heavy atom. The standard InChI is InChI=1S/C15H27N3S/c1-4-9-12-13(15(2,3)16)19-14(17-12)18-10-7-5-6-8-11-18/h4-11,16H2,1-3H3. The van der Waals surface area contributed by atoms with E-state index in [2.05, 4.69) is 25.7 Å². The highest BCUT2D eigenvalue weighted by Gasteiger charge is 2.25. The van der Waals surface area contributed by atoms with Crippen LogP contribution in [0.5, 0.6) is 0 Å². The van der Waals surface area contributed by atoms with Crippen LogP contribution in [0.3, 0.4) is 0 Å². The first kappa shape index (κ1) is 14.8. The van der Waals surface area contributed by atoms with Crippen LogP contribution in [0.25, 0.3) is 0 Å². The molecule has 1 saturated heterocycles. The predicted octanol–water partition coefficient (Wildman–Crippen LogP) is 3.67. The molecule has 2 heterocycles. The lowest BCUT2D eigenvalue weighted by Gasteiger charge is -2.19. The highest BCUT2D eigenvalue weighted by molar-refractivity contribution is 7.15. The molecule has 0 radical (unpaired) electrons. The summed E-state index contributed by atoms with van der Waals surface area (Å²) in [5.74, 6) is 0. The van der Waals surface area contributed by atoms with E-state index < -0.39 is 0 Å². The van der Waals surface area contributed by atoms with Crippen LogP contribution >= 0.6 is 11.3 Å². The molecule has 0 spiro atoms. The fourth-order valence-electron chi connectivity index (χ4n) is 2.65. The van der Waals surface area contributed by atoms with E-state index in [-0.39, 0.29) is 5.54 Å². The van der Waals surface area contributed by atoms with Gasteiger partial charge in [0.25, 0.3) is 0 Å². The first-order valence-corrected chi connectivity index (χ1v) is 8.38. The molecular weight excluding hydrogens is 254 g/mol. The van der Waals surface area contributed by atoms with Crippen LogP contribution in [0.2, 0.25) is 0 Å². The Kier molecular flexibility index (Phi) is 4.85. The van der Waals surface area contributed by atoms with Crippen LogP contribution in [0, 0.1) is 0 Å². The SMILES string of the molecule is CCCc1nc(N2CCCCCC2)sc1C(C)(C)N. The van der Waals surface area contributed by atoms with Crippen molar-refractivity contribution >= 4 is 16.5 Å². The zero-order valence-corrected chi connectivity index (χ0v) is 13.4. The molecule has 1 aliphatic rings. The average molecular weight is 281 g/mol. The van der Waals surface area contributed by atoms with E-state index >= 15 is 0 Å². The highest BCUT2D eigenvalue weighted by atomic mass is 32.1.